The van der Waals surface area contributed by atoms with Gasteiger partial charge in [-0.3, -0.25) is 9.59 Å². The Hall–Kier alpha value is -2.65. The number of alkyl halides is 3. The molecule has 1 aromatic carbocycles. The zero-order valence-electron chi connectivity index (χ0n) is 17.4. The van der Waals surface area contributed by atoms with E-state index in [1.165, 1.54) is 18.2 Å². The van der Waals surface area contributed by atoms with E-state index in [2.05, 4.69) is 0 Å². The van der Waals surface area contributed by atoms with Gasteiger partial charge in [-0.25, -0.2) is 0 Å². The Balaban J connectivity index is 1.88. The summed E-state index contributed by atoms with van der Waals surface area (Å²) in [5.74, 6) is -1.97. The Labute approximate surface area is 184 Å². The maximum absolute atomic E-state index is 12.8. The molecule has 2 rings (SSSR count). The average Bonchev–Trinajstić information content (AvgIpc) is 2.99. The lowest BCUT2D eigenvalue weighted by molar-refractivity contribution is -0.138. The van der Waals surface area contributed by atoms with Crippen molar-refractivity contribution in [3.8, 4) is 5.75 Å². The highest BCUT2D eigenvalue weighted by atomic mass is 19.4. The van der Waals surface area contributed by atoms with Crippen LogP contribution in [0, 0.1) is 11.8 Å². The van der Waals surface area contributed by atoms with Crippen molar-refractivity contribution in [1.29, 1.82) is 0 Å². The molecule has 0 bridgehead atoms. The number of carboxylic acid groups (broad SMARTS) is 1. The third-order valence-electron chi connectivity index (χ3n) is 5.19. The molecule has 1 aromatic rings. The predicted octanol–water partition coefficient (Wildman–Crippen LogP) is 3.77. The largest absolute Gasteiger partial charge is 0.491 e. The third kappa shape index (κ3) is 8.12. The number of benzene rings is 1. The van der Waals surface area contributed by atoms with Gasteiger partial charge in [-0.15, -0.1) is 0 Å². The Morgan fingerprint density at radius 3 is 2.72 bits per heavy atom. The fourth-order valence-corrected chi connectivity index (χ4v) is 3.52. The maximum Gasteiger partial charge on any atom is 0.416 e. The summed E-state index contributed by atoms with van der Waals surface area (Å²) in [5, 5.41) is 28.9. The van der Waals surface area contributed by atoms with Gasteiger partial charge in [0.15, 0.2) is 0 Å². The molecule has 0 spiro atoms. The first-order chi connectivity index (χ1) is 15.1. The number of carboxylic acids is 1. The first kappa shape index (κ1) is 25.6. The van der Waals surface area contributed by atoms with Gasteiger partial charge in [-0.2, -0.15) is 13.2 Å². The number of aliphatic hydroxyl groups is 2. The van der Waals surface area contributed by atoms with E-state index in [0.29, 0.717) is 19.3 Å². The smallest absolute Gasteiger partial charge is 0.416 e. The van der Waals surface area contributed by atoms with Crippen LogP contribution in [0.4, 0.5) is 13.2 Å². The minimum atomic E-state index is -4.50. The van der Waals surface area contributed by atoms with Gasteiger partial charge >= 0.3 is 12.1 Å². The van der Waals surface area contributed by atoms with Gasteiger partial charge in [-0.1, -0.05) is 30.4 Å². The number of aliphatic carboxylic acids is 1. The molecule has 1 aliphatic carbocycles. The van der Waals surface area contributed by atoms with Crippen LogP contribution >= 0.6 is 0 Å². The standard InChI is InChI=1S/C23H27F3O6/c24-23(25,26)15-6-5-7-17(12-15)32-14-16(27)10-11-19-18(20(28)13-21(19)29)8-3-1-2-4-9-22(30)31/h1,3,5-7,10-12,16,18-19,21,27,29H,2,4,8-9,13-14H2,(H,30,31)/t16-,18-,19-,21-/m1/s1. The van der Waals surface area contributed by atoms with Crippen molar-refractivity contribution in [1.82, 2.24) is 0 Å². The molecular weight excluding hydrogens is 429 g/mol. The van der Waals surface area contributed by atoms with Gasteiger partial charge in [0, 0.05) is 24.7 Å². The van der Waals surface area contributed by atoms with Crippen LogP contribution in [0.2, 0.25) is 0 Å². The molecule has 0 heterocycles. The van der Waals surface area contributed by atoms with Crippen molar-refractivity contribution in [2.75, 3.05) is 6.61 Å². The molecule has 6 nitrogen and oxygen atoms in total. The quantitative estimate of drug-likeness (QED) is 0.346. The lowest BCUT2D eigenvalue weighted by Crippen LogP contribution is -2.20. The number of carbonyl (C=O) groups excluding carboxylic acids is 1. The minimum Gasteiger partial charge on any atom is -0.491 e. The van der Waals surface area contributed by atoms with E-state index in [1.54, 1.807) is 18.2 Å². The number of halogens is 3. The van der Waals surface area contributed by atoms with Gasteiger partial charge in [0.05, 0.1) is 11.7 Å². The fourth-order valence-electron chi connectivity index (χ4n) is 3.52. The first-order valence-corrected chi connectivity index (χ1v) is 10.3. The molecule has 4 atom stereocenters. The number of unbranched alkanes of at least 4 members (excludes halogenated alkanes) is 1. The van der Waals surface area contributed by atoms with Crippen LogP contribution in [0.5, 0.6) is 5.75 Å². The number of allylic oxidation sites excluding steroid dienone is 2. The number of hydrogen-bond acceptors (Lipinski definition) is 5. The van der Waals surface area contributed by atoms with Crippen molar-refractivity contribution in [3.05, 3.63) is 54.1 Å². The van der Waals surface area contributed by atoms with Crippen LogP contribution in [0.3, 0.4) is 0 Å². The highest BCUT2D eigenvalue weighted by Crippen LogP contribution is 2.34. The Morgan fingerprint density at radius 1 is 1.28 bits per heavy atom. The number of rotatable bonds is 11. The number of ketones is 1. The molecule has 3 N–H and O–H groups in total. The van der Waals surface area contributed by atoms with Gasteiger partial charge in [0.25, 0.3) is 0 Å². The SMILES string of the molecule is O=C(O)CCCC=CC[C@H]1C(=O)C[C@@H](O)[C@@H]1C=C[C@@H](O)COc1cccc(C(F)(F)F)c1. The molecule has 1 fully saturated rings. The molecule has 9 heteroatoms. The molecule has 176 valence electrons. The second kappa shape index (κ2) is 11.8. The van der Waals surface area contributed by atoms with E-state index < -0.39 is 41.8 Å². The lowest BCUT2D eigenvalue weighted by atomic mass is 9.90. The molecule has 1 saturated carbocycles. The highest BCUT2D eigenvalue weighted by Gasteiger charge is 2.39. The van der Waals surface area contributed by atoms with Crippen LogP contribution in [-0.4, -0.2) is 45.9 Å². The van der Waals surface area contributed by atoms with Crippen molar-refractivity contribution in [3.63, 3.8) is 0 Å². The Kier molecular flexibility index (Phi) is 9.46. The average molecular weight is 456 g/mol. The minimum absolute atomic E-state index is 0.00333. The van der Waals surface area contributed by atoms with Gasteiger partial charge < -0.3 is 20.1 Å². The summed E-state index contributed by atoms with van der Waals surface area (Å²) < 4.78 is 43.5. The van der Waals surface area contributed by atoms with E-state index in [0.717, 1.165) is 12.1 Å². The normalized spacial score (nSPS) is 22.7. The van der Waals surface area contributed by atoms with Crippen LogP contribution in [0.25, 0.3) is 0 Å². The highest BCUT2D eigenvalue weighted by molar-refractivity contribution is 5.84. The lowest BCUT2D eigenvalue weighted by Gasteiger charge is -2.17. The summed E-state index contributed by atoms with van der Waals surface area (Å²) in [5.41, 5.74) is -0.855. The van der Waals surface area contributed by atoms with Crippen LogP contribution < -0.4 is 4.74 Å². The van der Waals surface area contributed by atoms with E-state index in [1.807, 2.05) is 0 Å². The Morgan fingerprint density at radius 2 is 2.03 bits per heavy atom. The number of aliphatic hydroxyl groups excluding tert-OH is 2. The van der Waals surface area contributed by atoms with E-state index in [4.69, 9.17) is 9.84 Å². The van der Waals surface area contributed by atoms with E-state index in [-0.39, 0.29) is 31.0 Å². The molecule has 0 unspecified atom stereocenters. The van der Waals surface area contributed by atoms with Crippen molar-refractivity contribution >= 4 is 11.8 Å². The topological polar surface area (TPSA) is 104 Å². The number of Topliss-reactive ketones (excluding diaryl/α,β-unsaturated/α-hetero) is 1. The summed E-state index contributed by atoms with van der Waals surface area (Å²) in [4.78, 5) is 22.7. The Bertz CT molecular complexity index is 833. The second-order valence-electron chi connectivity index (χ2n) is 7.70. The molecule has 0 aromatic heterocycles. The number of ether oxygens (including phenoxy) is 1. The molecule has 0 amide bonds. The molecule has 1 aliphatic rings. The molecular formula is C23H27F3O6. The van der Waals surface area contributed by atoms with Crippen molar-refractivity contribution in [2.45, 2.75) is 50.5 Å². The first-order valence-electron chi connectivity index (χ1n) is 10.3. The molecule has 0 aliphatic heterocycles. The summed E-state index contributed by atoms with van der Waals surface area (Å²) in [6, 6.07) is 4.32. The zero-order valence-corrected chi connectivity index (χ0v) is 17.4. The van der Waals surface area contributed by atoms with Gasteiger partial charge in [-0.05, 0) is 37.5 Å². The summed E-state index contributed by atoms with van der Waals surface area (Å²) >= 11 is 0. The molecule has 32 heavy (non-hydrogen) atoms. The van der Waals surface area contributed by atoms with Crippen LogP contribution in [0.1, 0.15) is 37.7 Å². The molecule has 0 saturated heterocycles. The fraction of sp³-hybridized carbons (Fsp3) is 0.478. The maximum atomic E-state index is 12.8. The summed E-state index contributed by atoms with van der Waals surface area (Å²) in [7, 11) is 0. The van der Waals surface area contributed by atoms with Gasteiger partial charge in [0.1, 0.15) is 24.2 Å². The van der Waals surface area contributed by atoms with E-state index >= 15 is 0 Å². The summed E-state index contributed by atoms with van der Waals surface area (Å²) in [6.07, 6.45) is 1.49. The summed E-state index contributed by atoms with van der Waals surface area (Å²) in [6.45, 7) is -0.289. The second-order valence-corrected chi connectivity index (χ2v) is 7.70. The van der Waals surface area contributed by atoms with Crippen LogP contribution in [0.15, 0.2) is 48.6 Å². The monoisotopic (exact) mass is 456 g/mol. The zero-order chi connectivity index (χ0) is 23.7. The van der Waals surface area contributed by atoms with Gasteiger partial charge in [0.2, 0.25) is 0 Å². The molecule has 0 radical (unpaired) electrons. The third-order valence-corrected chi connectivity index (χ3v) is 5.19. The number of carbonyl (C=O) groups is 2. The van der Waals surface area contributed by atoms with Crippen molar-refractivity contribution < 1.29 is 42.8 Å². The van der Waals surface area contributed by atoms with E-state index in [9.17, 15) is 33.0 Å². The van der Waals surface area contributed by atoms with Crippen molar-refractivity contribution in [2.24, 2.45) is 11.8 Å². The predicted molar refractivity (Wildman–Crippen MR) is 110 cm³/mol. The number of hydrogen-bond donors (Lipinski definition) is 3. The van der Waals surface area contributed by atoms with Crippen LogP contribution in [-0.2, 0) is 15.8 Å².